The van der Waals surface area contributed by atoms with Crippen LogP contribution in [0.1, 0.15) is 16.1 Å². The van der Waals surface area contributed by atoms with Crippen LogP contribution in [0, 0.1) is 6.92 Å². The first-order valence-corrected chi connectivity index (χ1v) is 8.74. The average Bonchev–Trinajstić information content (AvgIpc) is 3.22. The summed E-state index contributed by atoms with van der Waals surface area (Å²) in [5, 5.41) is 15.5. The number of methoxy groups -OCH3 is 1. The van der Waals surface area contributed by atoms with Crippen LogP contribution in [0.3, 0.4) is 0 Å². The number of phenols is 1. The van der Waals surface area contributed by atoms with Crippen LogP contribution in [-0.2, 0) is 21.8 Å². The molecule has 1 radical (unpaired) electrons. The first-order valence-electron chi connectivity index (χ1n) is 7.92. The van der Waals surface area contributed by atoms with Crippen LogP contribution in [0.15, 0.2) is 48.5 Å². The molecule has 0 fully saturated rings. The minimum absolute atomic E-state index is 0. The number of halogens is 2. The van der Waals surface area contributed by atoms with Gasteiger partial charge >= 0.3 is 23.0 Å². The number of rotatable bonds is 3. The predicted octanol–water partition coefficient (Wildman–Crippen LogP) is -2.04. The molecule has 4 aromatic rings. The summed E-state index contributed by atoms with van der Waals surface area (Å²) < 4.78 is 7.55. The summed E-state index contributed by atoms with van der Waals surface area (Å²) in [6.45, 7) is 1.74. The molecule has 0 aliphatic carbocycles. The maximum Gasteiger partial charge on any atom is 2.00 e. The number of aromatic hydroxyl groups is 1. The summed E-state index contributed by atoms with van der Waals surface area (Å²) in [4.78, 5) is 17.0. The van der Waals surface area contributed by atoms with Gasteiger partial charge < -0.3 is 34.7 Å². The molecule has 0 amide bonds. The average molecular weight is 500 g/mol. The van der Waals surface area contributed by atoms with Crippen LogP contribution < -0.4 is 24.8 Å². The van der Waals surface area contributed by atoms with Crippen molar-refractivity contribution < 1.29 is 56.5 Å². The molecule has 0 aliphatic rings. The van der Waals surface area contributed by atoms with E-state index in [1.165, 1.54) is 18.4 Å². The van der Waals surface area contributed by atoms with Crippen LogP contribution in [0.5, 0.6) is 5.75 Å². The van der Waals surface area contributed by atoms with Crippen molar-refractivity contribution in [1.82, 2.24) is 14.8 Å². The molecular formula is C19H15Cl2CuN3O3S. The molecule has 0 atom stereocenters. The summed E-state index contributed by atoms with van der Waals surface area (Å²) >= 11 is 1.46. The Balaban J connectivity index is 0.00000140. The number of phenolic OH excluding ortho intramolecular Hbond substituents is 1. The molecular weight excluding hydrogens is 485 g/mol. The van der Waals surface area contributed by atoms with Crippen LogP contribution in [0.2, 0.25) is 0 Å². The Hall–Kier alpha value is -2.09. The van der Waals surface area contributed by atoms with Gasteiger partial charge in [-0.15, -0.1) is 0 Å². The van der Waals surface area contributed by atoms with Crippen LogP contribution in [-0.4, -0.2) is 33.0 Å². The standard InChI is InChI=1S/C19H15N3O3S.2ClH.Cu/c1-11-16(18(24)25-2)17(12-7-3-5-9-14(12)23)22(21-11)19-20-13-8-4-6-10-15(13)26-19;;;/h3-10,23H,1-2H3;2*1H;/q;;;+2/p-2. The topological polar surface area (TPSA) is 77.2 Å². The van der Waals surface area contributed by atoms with Gasteiger partial charge in [-0.25, -0.2) is 14.5 Å². The molecule has 0 saturated carbocycles. The van der Waals surface area contributed by atoms with Gasteiger partial charge in [-0.1, -0.05) is 35.6 Å². The summed E-state index contributed by atoms with van der Waals surface area (Å²) in [6, 6.07) is 14.6. The molecule has 4 rings (SSSR count). The van der Waals surface area contributed by atoms with Crippen molar-refractivity contribution in [3.8, 4) is 22.1 Å². The fourth-order valence-electron chi connectivity index (χ4n) is 2.89. The van der Waals surface area contributed by atoms with E-state index < -0.39 is 5.97 Å². The second kappa shape index (κ2) is 10.1. The number of nitrogens with zero attached hydrogens (tertiary/aromatic N) is 3. The minimum Gasteiger partial charge on any atom is -1.00 e. The Kier molecular flexibility index (Phi) is 8.68. The van der Waals surface area contributed by atoms with E-state index in [9.17, 15) is 9.90 Å². The molecule has 0 unspecified atom stereocenters. The van der Waals surface area contributed by atoms with Crippen LogP contribution in [0.25, 0.3) is 26.6 Å². The number of esters is 1. The minimum atomic E-state index is -0.506. The fraction of sp³-hybridized carbons (Fsp3) is 0.105. The molecule has 0 bridgehead atoms. The van der Waals surface area contributed by atoms with Gasteiger partial charge in [0.05, 0.1) is 28.7 Å². The number of fused-ring (bicyclic) bond motifs is 1. The van der Waals surface area contributed by atoms with Gasteiger partial charge in [-0.2, -0.15) is 5.10 Å². The van der Waals surface area contributed by atoms with Gasteiger partial charge in [0.25, 0.3) is 0 Å². The normalized spacial score (nSPS) is 9.86. The Labute approximate surface area is 194 Å². The van der Waals surface area contributed by atoms with Crippen molar-refractivity contribution in [3.63, 3.8) is 0 Å². The van der Waals surface area contributed by atoms with Gasteiger partial charge in [0.2, 0.25) is 5.13 Å². The summed E-state index contributed by atoms with van der Waals surface area (Å²) in [5.41, 5.74) is 2.63. The summed E-state index contributed by atoms with van der Waals surface area (Å²) in [5.74, 6) is -0.451. The number of ether oxygens (including phenoxy) is 1. The molecule has 6 nitrogen and oxygen atoms in total. The van der Waals surface area contributed by atoms with E-state index in [4.69, 9.17) is 4.74 Å². The van der Waals surface area contributed by atoms with Crippen molar-refractivity contribution in [2.24, 2.45) is 0 Å². The van der Waals surface area contributed by atoms with E-state index in [0.29, 0.717) is 27.6 Å². The monoisotopic (exact) mass is 498 g/mol. The molecule has 155 valence electrons. The number of aryl methyl sites for hydroxylation is 1. The van der Waals surface area contributed by atoms with Crippen LogP contribution >= 0.6 is 11.3 Å². The van der Waals surface area contributed by atoms with Crippen molar-refractivity contribution >= 4 is 27.5 Å². The molecule has 2 aromatic heterocycles. The van der Waals surface area contributed by atoms with Crippen molar-refractivity contribution in [2.45, 2.75) is 6.92 Å². The third kappa shape index (κ3) is 4.42. The number of thiazole rings is 1. The third-order valence-corrected chi connectivity index (χ3v) is 5.08. The smallest absolute Gasteiger partial charge is 1.00 e. The van der Waals surface area contributed by atoms with E-state index in [-0.39, 0.29) is 47.6 Å². The zero-order valence-electron chi connectivity index (χ0n) is 15.2. The molecule has 2 aromatic carbocycles. The molecule has 29 heavy (non-hydrogen) atoms. The van der Waals surface area contributed by atoms with Crippen molar-refractivity contribution in [2.75, 3.05) is 7.11 Å². The SMILES string of the molecule is COC(=O)c1c(C)nn(-c2nc3ccccc3s2)c1-c1ccccc1O.[Cl-].[Cl-].[Cu+2]. The van der Waals surface area contributed by atoms with E-state index in [1.54, 1.807) is 35.9 Å². The third-order valence-electron chi connectivity index (χ3n) is 4.07. The van der Waals surface area contributed by atoms with Crippen molar-refractivity contribution in [3.05, 3.63) is 59.8 Å². The number of carbonyl (C=O) groups is 1. The zero-order valence-corrected chi connectivity index (χ0v) is 18.5. The molecule has 0 aliphatic heterocycles. The number of aromatic nitrogens is 3. The first-order chi connectivity index (χ1) is 12.6. The number of benzene rings is 2. The Morgan fingerprint density at radius 2 is 1.76 bits per heavy atom. The Bertz CT molecular complexity index is 1110. The molecule has 0 saturated heterocycles. The number of para-hydroxylation sites is 2. The zero-order chi connectivity index (χ0) is 18.3. The predicted molar refractivity (Wildman–Crippen MR) is 99.9 cm³/mol. The molecule has 0 spiro atoms. The second-order valence-electron chi connectivity index (χ2n) is 5.69. The van der Waals surface area contributed by atoms with Gasteiger partial charge in [0, 0.05) is 5.56 Å². The van der Waals surface area contributed by atoms with E-state index in [2.05, 4.69) is 10.1 Å². The largest absolute Gasteiger partial charge is 2.00 e. The van der Waals surface area contributed by atoms with E-state index >= 15 is 0 Å². The summed E-state index contributed by atoms with van der Waals surface area (Å²) in [6.07, 6.45) is 0. The number of hydrogen-bond donors (Lipinski definition) is 1. The number of hydrogen-bond acceptors (Lipinski definition) is 6. The first kappa shape index (κ1) is 24.9. The second-order valence-corrected chi connectivity index (χ2v) is 6.70. The van der Waals surface area contributed by atoms with Gasteiger partial charge in [0.1, 0.15) is 11.3 Å². The quantitative estimate of drug-likeness (QED) is 0.260. The van der Waals surface area contributed by atoms with E-state index in [1.807, 2.05) is 24.3 Å². The maximum absolute atomic E-state index is 12.4. The maximum atomic E-state index is 12.4. The Morgan fingerprint density at radius 1 is 1.10 bits per heavy atom. The van der Waals surface area contributed by atoms with Crippen molar-refractivity contribution in [1.29, 1.82) is 0 Å². The summed E-state index contributed by atoms with van der Waals surface area (Å²) in [7, 11) is 1.32. The van der Waals surface area contributed by atoms with Gasteiger partial charge in [-0.3, -0.25) is 0 Å². The number of carbonyl (C=O) groups excluding carboxylic acids is 1. The molecule has 2 heterocycles. The van der Waals surface area contributed by atoms with Crippen LogP contribution in [0.4, 0.5) is 0 Å². The van der Waals surface area contributed by atoms with E-state index in [0.717, 1.165) is 10.2 Å². The molecule has 1 N–H and O–H groups in total. The Morgan fingerprint density at radius 3 is 2.41 bits per heavy atom. The van der Waals surface area contributed by atoms with Gasteiger partial charge in [-0.05, 0) is 31.2 Å². The fourth-order valence-corrected chi connectivity index (χ4v) is 3.81. The molecule has 10 heteroatoms. The van der Waals surface area contributed by atoms with Gasteiger partial charge in [0.15, 0.2) is 0 Å².